The van der Waals surface area contributed by atoms with Gasteiger partial charge in [0.15, 0.2) is 0 Å². The molecule has 0 aliphatic carbocycles. The van der Waals surface area contributed by atoms with Gasteiger partial charge in [-0.2, -0.15) is 5.26 Å². The van der Waals surface area contributed by atoms with Crippen molar-refractivity contribution in [2.24, 2.45) is 0 Å². The molecule has 1 aliphatic rings. The summed E-state index contributed by atoms with van der Waals surface area (Å²) in [5.41, 5.74) is 2.57. The highest BCUT2D eigenvalue weighted by atomic mass is 16.5. The largest absolute Gasteiger partial charge is 0.472 e. The van der Waals surface area contributed by atoms with Crippen LogP contribution in [0.25, 0.3) is 10.9 Å². The van der Waals surface area contributed by atoms with E-state index in [1.54, 1.807) is 18.3 Å². The van der Waals surface area contributed by atoms with Crippen LogP contribution in [-0.4, -0.2) is 40.0 Å². The molecule has 130 valence electrons. The Bertz CT molecular complexity index is 989. The molecule has 1 aromatic carbocycles. The van der Waals surface area contributed by atoms with Crippen molar-refractivity contribution in [3.05, 3.63) is 59.9 Å². The molecule has 3 heterocycles. The Kier molecular flexibility index (Phi) is 4.28. The average Bonchev–Trinajstić information content (AvgIpc) is 3.29. The highest BCUT2D eigenvalue weighted by Crippen LogP contribution is 2.21. The third kappa shape index (κ3) is 3.24. The maximum Gasteiger partial charge on any atom is 0.227 e. The van der Waals surface area contributed by atoms with E-state index in [1.807, 2.05) is 35.4 Å². The highest BCUT2D eigenvalue weighted by molar-refractivity contribution is 5.89. The van der Waals surface area contributed by atoms with Gasteiger partial charge in [0.05, 0.1) is 24.6 Å². The van der Waals surface area contributed by atoms with Crippen molar-refractivity contribution in [1.82, 2.24) is 14.9 Å². The number of hydrogen-bond donors (Lipinski definition) is 1. The summed E-state index contributed by atoms with van der Waals surface area (Å²) >= 11 is 0. The minimum absolute atomic E-state index is 0.0941. The van der Waals surface area contributed by atoms with E-state index in [1.165, 1.54) is 0 Å². The summed E-state index contributed by atoms with van der Waals surface area (Å²) in [4.78, 5) is 21.8. The minimum atomic E-state index is -0.0941. The van der Waals surface area contributed by atoms with E-state index in [2.05, 4.69) is 16.0 Å². The van der Waals surface area contributed by atoms with E-state index < -0.39 is 0 Å². The molecule has 6 nitrogen and oxygen atoms in total. The standard InChI is InChI=1S/C20H18N4O2/c21-11-14-5-7-22-19(9-14)26-16-6-8-24(13-16)20(25)10-15-12-23-18-4-2-1-3-17(15)18/h1-5,7,9,12,16,23H,6,8,10,13H2. The number of pyridine rings is 1. The molecule has 1 aliphatic heterocycles. The average molecular weight is 346 g/mol. The van der Waals surface area contributed by atoms with Crippen LogP contribution in [-0.2, 0) is 11.2 Å². The van der Waals surface area contributed by atoms with Gasteiger partial charge in [-0.3, -0.25) is 4.79 Å². The number of amides is 1. The number of H-pyrrole nitrogens is 1. The lowest BCUT2D eigenvalue weighted by molar-refractivity contribution is -0.129. The summed E-state index contributed by atoms with van der Waals surface area (Å²) in [6.07, 6.45) is 4.51. The number of aromatic nitrogens is 2. The minimum Gasteiger partial charge on any atom is -0.472 e. The van der Waals surface area contributed by atoms with Crippen LogP contribution in [0.4, 0.5) is 0 Å². The topological polar surface area (TPSA) is 82.0 Å². The fourth-order valence-electron chi connectivity index (χ4n) is 3.32. The number of nitrogens with zero attached hydrogens (tertiary/aromatic N) is 3. The van der Waals surface area contributed by atoms with Gasteiger partial charge in [-0.05, 0) is 17.7 Å². The molecule has 2 aromatic heterocycles. The number of aromatic amines is 1. The first kappa shape index (κ1) is 16.2. The molecule has 0 bridgehead atoms. The van der Waals surface area contributed by atoms with Crippen LogP contribution >= 0.6 is 0 Å². The number of nitrogens with one attached hydrogen (secondary N) is 1. The van der Waals surface area contributed by atoms with Crippen LogP contribution in [0, 0.1) is 11.3 Å². The zero-order valence-corrected chi connectivity index (χ0v) is 14.2. The lowest BCUT2D eigenvalue weighted by atomic mass is 10.1. The zero-order chi connectivity index (χ0) is 17.9. The van der Waals surface area contributed by atoms with Gasteiger partial charge in [0.1, 0.15) is 6.10 Å². The Hall–Kier alpha value is -3.33. The molecule has 1 amide bonds. The summed E-state index contributed by atoms with van der Waals surface area (Å²) in [5.74, 6) is 0.527. The fourth-order valence-corrected chi connectivity index (χ4v) is 3.32. The first-order valence-corrected chi connectivity index (χ1v) is 8.58. The van der Waals surface area contributed by atoms with E-state index >= 15 is 0 Å². The van der Waals surface area contributed by atoms with Gasteiger partial charge in [-0.15, -0.1) is 0 Å². The van der Waals surface area contributed by atoms with Crippen LogP contribution in [0.2, 0.25) is 0 Å². The normalized spacial score (nSPS) is 16.6. The van der Waals surface area contributed by atoms with Crippen LogP contribution in [0.1, 0.15) is 17.5 Å². The molecule has 1 saturated heterocycles. The molecule has 1 atom stereocenters. The molecular formula is C20H18N4O2. The molecule has 26 heavy (non-hydrogen) atoms. The van der Waals surface area contributed by atoms with Crippen molar-refractivity contribution in [3.63, 3.8) is 0 Å². The summed E-state index contributed by atoms with van der Waals surface area (Å²) in [7, 11) is 0. The molecular weight excluding hydrogens is 328 g/mol. The zero-order valence-electron chi connectivity index (χ0n) is 14.2. The lowest BCUT2D eigenvalue weighted by Gasteiger charge is -2.17. The number of likely N-dealkylation sites (tertiary alicyclic amines) is 1. The van der Waals surface area contributed by atoms with Crippen LogP contribution in [0.5, 0.6) is 5.88 Å². The fraction of sp³-hybridized carbons (Fsp3) is 0.250. The SMILES string of the molecule is N#Cc1ccnc(OC2CCN(C(=O)Cc3c[nH]c4ccccc34)C2)c1. The number of ether oxygens (including phenoxy) is 1. The van der Waals surface area contributed by atoms with Crippen LogP contribution in [0.15, 0.2) is 48.8 Å². The summed E-state index contributed by atoms with van der Waals surface area (Å²) in [5, 5.41) is 10.0. The van der Waals surface area contributed by atoms with E-state index in [4.69, 9.17) is 10.00 Å². The Morgan fingerprint density at radius 3 is 3.15 bits per heavy atom. The van der Waals surface area contributed by atoms with Crippen molar-refractivity contribution < 1.29 is 9.53 Å². The number of nitriles is 1. The lowest BCUT2D eigenvalue weighted by Crippen LogP contribution is -2.32. The Morgan fingerprint density at radius 2 is 2.27 bits per heavy atom. The van der Waals surface area contributed by atoms with E-state index in [0.717, 1.165) is 22.9 Å². The monoisotopic (exact) mass is 346 g/mol. The van der Waals surface area contributed by atoms with Crippen molar-refractivity contribution in [2.75, 3.05) is 13.1 Å². The molecule has 0 spiro atoms. The molecule has 1 unspecified atom stereocenters. The Balaban J connectivity index is 1.39. The first-order chi connectivity index (χ1) is 12.7. The van der Waals surface area contributed by atoms with Gasteiger partial charge in [0.2, 0.25) is 11.8 Å². The van der Waals surface area contributed by atoms with Crippen molar-refractivity contribution in [2.45, 2.75) is 18.9 Å². The van der Waals surface area contributed by atoms with E-state index in [9.17, 15) is 4.79 Å². The van der Waals surface area contributed by atoms with E-state index in [0.29, 0.717) is 31.0 Å². The highest BCUT2D eigenvalue weighted by Gasteiger charge is 2.28. The number of para-hydroxylation sites is 1. The smallest absolute Gasteiger partial charge is 0.227 e. The van der Waals surface area contributed by atoms with Crippen molar-refractivity contribution in [1.29, 1.82) is 5.26 Å². The Morgan fingerprint density at radius 1 is 1.38 bits per heavy atom. The van der Waals surface area contributed by atoms with Gasteiger partial charge >= 0.3 is 0 Å². The predicted molar refractivity (Wildman–Crippen MR) is 96.6 cm³/mol. The molecule has 6 heteroatoms. The predicted octanol–water partition coefficient (Wildman–Crippen LogP) is 2.66. The van der Waals surface area contributed by atoms with Gasteiger partial charge in [0.25, 0.3) is 0 Å². The molecule has 0 radical (unpaired) electrons. The van der Waals surface area contributed by atoms with E-state index in [-0.39, 0.29) is 12.0 Å². The maximum atomic E-state index is 12.7. The molecule has 4 rings (SSSR count). The number of hydrogen-bond acceptors (Lipinski definition) is 4. The molecule has 3 aromatic rings. The second kappa shape index (κ2) is 6.89. The third-order valence-corrected chi connectivity index (χ3v) is 4.67. The number of carbonyl (C=O) groups is 1. The third-order valence-electron chi connectivity index (χ3n) is 4.67. The summed E-state index contributed by atoms with van der Waals surface area (Å²) in [6, 6.07) is 13.3. The number of carbonyl (C=O) groups excluding carboxylic acids is 1. The van der Waals surface area contributed by atoms with Crippen molar-refractivity contribution in [3.8, 4) is 11.9 Å². The molecule has 0 saturated carbocycles. The maximum absolute atomic E-state index is 12.7. The van der Waals surface area contributed by atoms with Crippen LogP contribution in [0.3, 0.4) is 0 Å². The van der Waals surface area contributed by atoms with Gasteiger partial charge in [-0.1, -0.05) is 18.2 Å². The first-order valence-electron chi connectivity index (χ1n) is 8.58. The quantitative estimate of drug-likeness (QED) is 0.787. The van der Waals surface area contributed by atoms with Gasteiger partial charge in [0, 0.05) is 42.3 Å². The van der Waals surface area contributed by atoms with Crippen molar-refractivity contribution >= 4 is 16.8 Å². The molecule has 1 N–H and O–H groups in total. The van der Waals surface area contributed by atoms with Gasteiger partial charge in [-0.25, -0.2) is 4.98 Å². The van der Waals surface area contributed by atoms with Gasteiger partial charge < -0.3 is 14.6 Å². The number of benzene rings is 1. The number of rotatable bonds is 4. The molecule has 1 fully saturated rings. The second-order valence-electron chi connectivity index (χ2n) is 6.40. The van der Waals surface area contributed by atoms with Crippen LogP contribution < -0.4 is 4.74 Å². The second-order valence-corrected chi connectivity index (χ2v) is 6.40. The number of fused-ring (bicyclic) bond motifs is 1. The Labute approximate surface area is 151 Å². The summed E-state index contributed by atoms with van der Waals surface area (Å²) < 4.78 is 5.84. The summed E-state index contributed by atoms with van der Waals surface area (Å²) in [6.45, 7) is 1.21.